The molecule has 0 aromatic heterocycles. The van der Waals surface area contributed by atoms with Gasteiger partial charge in [-0.2, -0.15) is 0 Å². The Morgan fingerprint density at radius 2 is 1.55 bits per heavy atom. The van der Waals surface area contributed by atoms with Gasteiger partial charge in [-0.15, -0.1) is 0 Å². The molecule has 0 N–H and O–H groups in total. The van der Waals surface area contributed by atoms with E-state index in [4.69, 9.17) is 10.7 Å². The molecule has 0 heterocycles. The Hall–Kier alpha value is 0.240. The number of hydrogen-bond acceptors (Lipinski definition) is 2. The molecule has 0 saturated heterocycles. The van der Waals surface area contributed by atoms with Gasteiger partial charge in [0.2, 0.25) is 9.05 Å². The molecule has 68 valence electrons. The summed E-state index contributed by atoms with van der Waals surface area (Å²) >= 11 is 0. The second-order valence-corrected chi connectivity index (χ2v) is 5.58. The molecule has 0 radical (unpaired) electrons. The van der Waals surface area contributed by atoms with E-state index in [1.165, 1.54) is 0 Å². The number of rotatable bonds is 5. The molecule has 2 nitrogen and oxygen atoms in total. The monoisotopic (exact) mass is 198 g/mol. The Bertz CT molecular complexity index is 181. The Labute approximate surface area is 73.4 Å². The fourth-order valence-electron chi connectivity index (χ4n) is 1.07. The molecule has 0 aliphatic rings. The molecular weight excluding hydrogens is 184 g/mol. The minimum atomic E-state index is -3.32. The van der Waals surface area contributed by atoms with E-state index in [1.54, 1.807) is 0 Å². The summed E-state index contributed by atoms with van der Waals surface area (Å²) < 4.78 is 21.8. The van der Waals surface area contributed by atoms with Crippen LogP contribution in [0.1, 0.15) is 39.5 Å². The van der Waals surface area contributed by atoms with Crippen LogP contribution in [-0.4, -0.2) is 13.7 Å². The van der Waals surface area contributed by atoms with E-state index in [9.17, 15) is 8.42 Å². The molecule has 4 heteroatoms. The lowest BCUT2D eigenvalue weighted by atomic mass is 10.2. The molecular formula is C7H15ClO2S. The topological polar surface area (TPSA) is 34.1 Å². The largest absolute Gasteiger partial charge is 0.235 e. The zero-order chi connectivity index (χ0) is 8.91. The highest BCUT2D eigenvalue weighted by Crippen LogP contribution is 2.17. The molecule has 0 amide bonds. The van der Waals surface area contributed by atoms with Crippen LogP contribution in [0.5, 0.6) is 0 Å². The molecule has 0 fully saturated rings. The van der Waals surface area contributed by atoms with Crippen molar-refractivity contribution in [1.82, 2.24) is 0 Å². The minimum Gasteiger partial charge on any atom is -0.212 e. The van der Waals surface area contributed by atoms with Crippen LogP contribution in [0.4, 0.5) is 0 Å². The van der Waals surface area contributed by atoms with Gasteiger partial charge in [0.15, 0.2) is 0 Å². The summed E-state index contributed by atoms with van der Waals surface area (Å²) in [6.07, 6.45) is 3.10. The van der Waals surface area contributed by atoms with Gasteiger partial charge >= 0.3 is 0 Å². The predicted octanol–water partition coefficient (Wildman–Crippen LogP) is 2.52. The molecule has 0 aromatic rings. The van der Waals surface area contributed by atoms with Gasteiger partial charge in [-0.1, -0.05) is 26.7 Å². The van der Waals surface area contributed by atoms with Gasteiger partial charge in [-0.05, 0) is 12.8 Å². The molecule has 0 atom stereocenters. The second kappa shape index (κ2) is 4.99. The van der Waals surface area contributed by atoms with Crippen molar-refractivity contribution in [2.24, 2.45) is 0 Å². The molecule has 0 spiro atoms. The van der Waals surface area contributed by atoms with Crippen molar-refractivity contribution >= 4 is 19.7 Å². The first-order valence-corrected chi connectivity index (χ1v) is 6.33. The SMILES string of the molecule is CCCC(CCC)S(=O)(=O)Cl. The Balaban J connectivity index is 4.11. The second-order valence-electron chi connectivity index (χ2n) is 2.67. The highest BCUT2D eigenvalue weighted by Gasteiger charge is 2.20. The zero-order valence-corrected chi connectivity index (χ0v) is 8.58. The van der Waals surface area contributed by atoms with Gasteiger partial charge < -0.3 is 0 Å². The van der Waals surface area contributed by atoms with Gasteiger partial charge in [0, 0.05) is 10.7 Å². The average molecular weight is 199 g/mol. The summed E-state index contributed by atoms with van der Waals surface area (Å²) in [5.41, 5.74) is 0. The van der Waals surface area contributed by atoms with Crippen molar-refractivity contribution < 1.29 is 8.42 Å². The number of hydrogen-bond donors (Lipinski definition) is 0. The van der Waals surface area contributed by atoms with Gasteiger partial charge in [-0.3, -0.25) is 0 Å². The maximum Gasteiger partial charge on any atom is 0.235 e. The van der Waals surface area contributed by atoms with Crippen LogP contribution in [0.3, 0.4) is 0 Å². The average Bonchev–Trinajstić information content (AvgIpc) is 1.85. The fraction of sp³-hybridized carbons (Fsp3) is 1.00. The Kier molecular flexibility index (Phi) is 5.10. The lowest BCUT2D eigenvalue weighted by Crippen LogP contribution is -2.15. The smallest absolute Gasteiger partial charge is 0.212 e. The van der Waals surface area contributed by atoms with Crippen LogP contribution in [-0.2, 0) is 9.05 Å². The first-order chi connectivity index (χ1) is 5.02. The first-order valence-electron chi connectivity index (χ1n) is 3.95. The maximum absolute atomic E-state index is 10.9. The van der Waals surface area contributed by atoms with Crippen molar-refractivity contribution in [2.45, 2.75) is 44.8 Å². The lowest BCUT2D eigenvalue weighted by Gasteiger charge is -2.09. The molecule has 0 rings (SSSR count). The minimum absolute atomic E-state index is 0.334. The van der Waals surface area contributed by atoms with E-state index in [0.717, 1.165) is 12.8 Å². The van der Waals surface area contributed by atoms with Gasteiger partial charge in [0.05, 0.1) is 5.25 Å². The molecule has 0 aliphatic carbocycles. The van der Waals surface area contributed by atoms with E-state index in [-0.39, 0.29) is 5.25 Å². The molecule has 0 aromatic carbocycles. The Morgan fingerprint density at radius 1 is 1.18 bits per heavy atom. The lowest BCUT2D eigenvalue weighted by molar-refractivity contribution is 0.568. The predicted molar refractivity (Wildman–Crippen MR) is 48.4 cm³/mol. The van der Waals surface area contributed by atoms with Crippen LogP contribution in [0.2, 0.25) is 0 Å². The standard InChI is InChI=1S/C7H15ClO2S/c1-3-5-7(6-4-2)11(8,9)10/h7H,3-6H2,1-2H3. The van der Waals surface area contributed by atoms with E-state index in [1.807, 2.05) is 13.8 Å². The Morgan fingerprint density at radius 3 is 1.73 bits per heavy atom. The summed E-state index contributed by atoms with van der Waals surface area (Å²) in [5, 5.41) is -0.334. The third-order valence-electron chi connectivity index (χ3n) is 1.62. The van der Waals surface area contributed by atoms with Gasteiger partial charge in [0.25, 0.3) is 0 Å². The van der Waals surface area contributed by atoms with Crippen LogP contribution in [0.15, 0.2) is 0 Å². The highest BCUT2D eigenvalue weighted by atomic mass is 35.7. The summed E-state index contributed by atoms with van der Waals surface area (Å²) in [6, 6.07) is 0. The van der Waals surface area contributed by atoms with Crippen molar-refractivity contribution in [3.05, 3.63) is 0 Å². The molecule has 0 saturated carbocycles. The van der Waals surface area contributed by atoms with E-state index in [0.29, 0.717) is 12.8 Å². The summed E-state index contributed by atoms with van der Waals surface area (Å²) in [4.78, 5) is 0. The quantitative estimate of drug-likeness (QED) is 0.637. The normalized spacial score (nSPS) is 12.4. The van der Waals surface area contributed by atoms with Crippen LogP contribution in [0.25, 0.3) is 0 Å². The zero-order valence-electron chi connectivity index (χ0n) is 7.01. The summed E-state index contributed by atoms with van der Waals surface area (Å²) in [7, 11) is 1.91. The van der Waals surface area contributed by atoms with Crippen molar-refractivity contribution in [3.8, 4) is 0 Å². The van der Waals surface area contributed by atoms with Crippen LogP contribution in [0, 0.1) is 0 Å². The van der Waals surface area contributed by atoms with Gasteiger partial charge in [-0.25, -0.2) is 8.42 Å². The van der Waals surface area contributed by atoms with Gasteiger partial charge in [0.1, 0.15) is 0 Å². The molecule has 0 unspecified atom stereocenters. The molecule has 0 aliphatic heterocycles. The molecule has 0 bridgehead atoms. The van der Waals surface area contributed by atoms with Crippen LogP contribution < -0.4 is 0 Å². The van der Waals surface area contributed by atoms with E-state index in [2.05, 4.69) is 0 Å². The maximum atomic E-state index is 10.9. The third-order valence-corrected chi connectivity index (χ3v) is 3.64. The van der Waals surface area contributed by atoms with Crippen molar-refractivity contribution in [2.75, 3.05) is 0 Å². The number of halogens is 1. The highest BCUT2D eigenvalue weighted by molar-refractivity contribution is 8.14. The fourth-order valence-corrected chi connectivity index (χ4v) is 2.64. The summed E-state index contributed by atoms with van der Waals surface area (Å²) in [5.74, 6) is 0. The van der Waals surface area contributed by atoms with Crippen molar-refractivity contribution in [1.29, 1.82) is 0 Å². The third kappa shape index (κ3) is 4.64. The van der Waals surface area contributed by atoms with Crippen LogP contribution >= 0.6 is 10.7 Å². The van der Waals surface area contributed by atoms with E-state index >= 15 is 0 Å². The van der Waals surface area contributed by atoms with Crippen molar-refractivity contribution in [3.63, 3.8) is 0 Å². The molecule has 11 heavy (non-hydrogen) atoms. The summed E-state index contributed by atoms with van der Waals surface area (Å²) in [6.45, 7) is 3.93. The van der Waals surface area contributed by atoms with E-state index < -0.39 is 9.05 Å². The first kappa shape index (κ1) is 11.2.